The standard InChI is InChI=1S/C18H13F8/c1-3-11-8-10(2)9-13(15(11)12-6-4-5-7-14(12)19)16(20,17(21,22)23)18(24,25)26/h4-7,9H,3H2,1-2H3. The van der Waals surface area contributed by atoms with Gasteiger partial charge in [0.05, 0.1) is 0 Å². The van der Waals surface area contributed by atoms with E-state index in [0.717, 1.165) is 12.1 Å². The zero-order valence-electron chi connectivity index (χ0n) is 13.6. The van der Waals surface area contributed by atoms with Crippen molar-refractivity contribution in [1.82, 2.24) is 0 Å². The number of rotatable bonds is 3. The molecule has 0 saturated heterocycles. The number of hydrogen-bond acceptors (Lipinski definition) is 0. The molecule has 0 fully saturated rings. The Morgan fingerprint density at radius 1 is 0.923 bits per heavy atom. The van der Waals surface area contributed by atoms with Gasteiger partial charge in [-0.2, -0.15) is 26.3 Å². The van der Waals surface area contributed by atoms with Crippen molar-refractivity contribution in [2.24, 2.45) is 0 Å². The van der Waals surface area contributed by atoms with E-state index < -0.39 is 40.5 Å². The minimum absolute atomic E-state index is 0.0653. The van der Waals surface area contributed by atoms with Crippen LogP contribution in [0.4, 0.5) is 35.1 Å². The summed E-state index contributed by atoms with van der Waals surface area (Å²) in [6.45, 7) is 2.64. The van der Waals surface area contributed by atoms with Gasteiger partial charge in [0.15, 0.2) is 0 Å². The lowest BCUT2D eigenvalue weighted by Gasteiger charge is -2.33. The van der Waals surface area contributed by atoms with Gasteiger partial charge in [-0.3, -0.25) is 0 Å². The topological polar surface area (TPSA) is 0 Å². The molecule has 0 nitrogen and oxygen atoms in total. The largest absolute Gasteiger partial charge is 0.435 e. The van der Waals surface area contributed by atoms with Crippen molar-refractivity contribution in [3.63, 3.8) is 0 Å². The average molecular weight is 381 g/mol. The quantitative estimate of drug-likeness (QED) is 0.536. The second-order valence-corrected chi connectivity index (χ2v) is 5.71. The summed E-state index contributed by atoms with van der Waals surface area (Å²) in [6.07, 6.45) is -12.6. The Hall–Kier alpha value is -2.12. The lowest BCUT2D eigenvalue weighted by atomic mass is 9.82. The van der Waals surface area contributed by atoms with Crippen molar-refractivity contribution in [3.05, 3.63) is 58.9 Å². The maximum absolute atomic E-state index is 14.7. The summed E-state index contributed by atoms with van der Waals surface area (Å²) in [6, 6.07) is 7.35. The van der Waals surface area contributed by atoms with Gasteiger partial charge in [0.25, 0.3) is 0 Å². The van der Waals surface area contributed by atoms with E-state index in [1.807, 2.05) is 0 Å². The van der Waals surface area contributed by atoms with Gasteiger partial charge in [-0.15, -0.1) is 0 Å². The van der Waals surface area contributed by atoms with Crippen LogP contribution >= 0.6 is 0 Å². The van der Waals surface area contributed by atoms with Crippen molar-refractivity contribution in [2.45, 2.75) is 38.3 Å². The van der Waals surface area contributed by atoms with Gasteiger partial charge < -0.3 is 0 Å². The van der Waals surface area contributed by atoms with E-state index in [2.05, 4.69) is 6.07 Å². The monoisotopic (exact) mass is 381 g/mol. The molecule has 0 aliphatic heterocycles. The fourth-order valence-corrected chi connectivity index (χ4v) is 2.76. The summed E-state index contributed by atoms with van der Waals surface area (Å²) < 4.78 is 108. The van der Waals surface area contributed by atoms with Gasteiger partial charge in [-0.05, 0) is 42.2 Å². The number of hydrogen-bond donors (Lipinski definition) is 0. The van der Waals surface area contributed by atoms with E-state index in [0.29, 0.717) is 6.07 Å². The normalized spacial score (nSPS) is 13.2. The van der Waals surface area contributed by atoms with E-state index in [1.165, 1.54) is 26.0 Å². The molecular formula is C18H13F8. The lowest BCUT2D eigenvalue weighted by molar-refractivity contribution is -0.348. The molecule has 2 rings (SSSR count). The van der Waals surface area contributed by atoms with Crippen LogP contribution in [-0.2, 0) is 12.1 Å². The van der Waals surface area contributed by atoms with Crippen LogP contribution in [0.15, 0.2) is 30.3 Å². The molecule has 26 heavy (non-hydrogen) atoms. The third-order valence-electron chi connectivity index (χ3n) is 3.93. The van der Waals surface area contributed by atoms with Crippen molar-refractivity contribution in [3.8, 4) is 11.1 Å². The minimum Gasteiger partial charge on any atom is -0.218 e. The van der Waals surface area contributed by atoms with Gasteiger partial charge in [0, 0.05) is 11.1 Å². The summed E-state index contributed by atoms with van der Waals surface area (Å²) in [5.41, 5.74) is -8.93. The van der Waals surface area contributed by atoms with Gasteiger partial charge in [-0.25, -0.2) is 8.78 Å². The zero-order valence-corrected chi connectivity index (χ0v) is 13.6. The Kier molecular flexibility index (Phi) is 5.09. The molecule has 0 heterocycles. The molecule has 2 aromatic carbocycles. The van der Waals surface area contributed by atoms with Crippen LogP contribution in [0.25, 0.3) is 11.1 Å². The summed E-state index contributed by atoms with van der Waals surface area (Å²) >= 11 is 0. The Labute approximate surface area is 144 Å². The summed E-state index contributed by atoms with van der Waals surface area (Å²) in [4.78, 5) is 0. The first-order valence-electron chi connectivity index (χ1n) is 7.48. The minimum atomic E-state index is -6.29. The first-order valence-corrected chi connectivity index (χ1v) is 7.48. The maximum Gasteiger partial charge on any atom is 0.435 e. The summed E-state index contributed by atoms with van der Waals surface area (Å²) in [5.74, 6) is -1.06. The molecule has 0 atom stereocenters. The zero-order chi connectivity index (χ0) is 19.9. The van der Waals surface area contributed by atoms with Crippen LogP contribution in [0.1, 0.15) is 23.6 Å². The predicted molar refractivity (Wildman–Crippen MR) is 79.7 cm³/mol. The molecule has 2 aromatic rings. The molecule has 0 bridgehead atoms. The smallest absolute Gasteiger partial charge is 0.218 e. The highest BCUT2D eigenvalue weighted by Crippen LogP contribution is 2.56. The van der Waals surface area contributed by atoms with Crippen molar-refractivity contribution < 1.29 is 35.1 Å². The van der Waals surface area contributed by atoms with E-state index in [4.69, 9.17) is 0 Å². The number of halogens is 8. The molecule has 141 valence electrons. The third kappa shape index (κ3) is 3.17. The van der Waals surface area contributed by atoms with Crippen molar-refractivity contribution in [1.29, 1.82) is 0 Å². The number of alkyl halides is 7. The van der Waals surface area contributed by atoms with E-state index in [1.54, 1.807) is 0 Å². The van der Waals surface area contributed by atoms with Gasteiger partial charge in [-0.1, -0.05) is 31.2 Å². The van der Waals surface area contributed by atoms with Crippen LogP contribution in [0.5, 0.6) is 0 Å². The molecule has 0 saturated carbocycles. The first kappa shape index (κ1) is 20.2. The highest BCUT2D eigenvalue weighted by molar-refractivity contribution is 5.73. The molecular weight excluding hydrogens is 368 g/mol. The lowest BCUT2D eigenvalue weighted by Crippen LogP contribution is -2.50. The third-order valence-corrected chi connectivity index (χ3v) is 3.93. The molecule has 1 radical (unpaired) electrons. The fourth-order valence-electron chi connectivity index (χ4n) is 2.76. The maximum atomic E-state index is 14.7. The SMILES string of the molecule is CCc1[c]c(C)cc(C(F)(C(F)(F)F)C(F)(F)F)c1-c1ccccc1F. The fraction of sp³-hybridized carbons (Fsp3) is 0.333. The number of benzene rings is 2. The molecule has 0 unspecified atom stereocenters. The van der Waals surface area contributed by atoms with E-state index >= 15 is 0 Å². The summed E-state index contributed by atoms with van der Waals surface area (Å²) in [5, 5.41) is 0. The molecule has 0 aromatic heterocycles. The van der Waals surface area contributed by atoms with E-state index in [-0.39, 0.29) is 17.5 Å². The second-order valence-electron chi connectivity index (χ2n) is 5.71. The van der Waals surface area contributed by atoms with Gasteiger partial charge in [0.2, 0.25) is 0 Å². The summed E-state index contributed by atoms with van der Waals surface area (Å²) in [7, 11) is 0. The van der Waals surface area contributed by atoms with Crippen LogP contribution in [-0.4, -0.2) is 12.4 Å². The van der Waals surface area contributed by atoms with Crippen molar-refractivity contribution >= 4 is 0 Å². The second kappa shape index (κ2) is 6.55. The van der Waals surface area contributed by atoms with Gasteiger partial charge in [0.1, 0.15) is 5.82 Å². The Balaban J connectivity index is 3.01. The average Bonchev–Trinajstić information content (AvgIpc) is 2.52. The predicted octanol–water partition coefficient (Wildman–Crippen LogP) is 6.45. The molecule has 0 N–H and O–H groups in total. The Morgan fingerprint density at radius 2 is 1.46 bits per heavy atom. The number of aryl methyl sites for hydroxylation is 2. The van der Waals surface area contributed by atoms with Crippen LogP contribution in [0.3, 0.4) is 0 Å². The molecule has 8 heteroatoms. The Morgan fingerprint density at radius 3 is 1.92 bits per heavy atom. The van der Waals surface area contributed by atoms with Crippen LogP contribution in [0.2, 0.25) is 0 Å². The first-order chi connectivity index (χ1) is 11.8. The molecule has 0 amide bonds. The highest BCUT2D eigenvalue weighted by atomic mass is 19.4. The van der Waals surface area contributed by atoms with Crippen molar-refractivity contribution in [2.75, 3.05) is 0 Å². The molecule has 0 spiro atoms. The van der Waals surface area contributed by atoms with Crippen LogP contribution in [0, 0.1) is 18.8 Å². The highest BCUT2D eigenvalue weighted by Gasteiger charge is 2.74. The molecule has 0 aliphatic carbocycles. The molecule has 0 aliphatic rings. The Bertz CT molecular complexity index is 788. The van der Waals surface area contributed by atoms with Gasteiger partial charge >= 0.3 is 18.0 Å². The van der Waals surface area contributed by atoms with E-state index in [9.17, 15) is 35.1 Å². The van der Waals surface area contributed by atoms with Crippen LogP contribution < -0.4 is 0 Å².